The van der Waals surface area contributed by atoms with Crippen LogP contribution in [0.4, 0.5) is 0 Å². The fourth-order valence-corrected chi connectivity index (χ4v) is 4.07. The van der Waals surface area contributed by atoms with E-state index in [0.29, 0.717) is 18.6 Å². The first-order valence-corrected chi connectivity index (χ1v) is 8.90. The van der Waals surface area contributed by atoms with Crippen LogP contribution >= 0.6 is 15.9 Å². The zero-order chi connectivity index (χ0) is 15.2. The van der Waals surface area contributed by atoms with Gasteiger partial charge in [-0.05, 0) is 47.2 Å². The van der Waals surface area contributed by atoms with Crippen molar-refractivity contribution in [2.45, 2.75) is 52.1 Å². The lowest BCUT2D eigenvalue weighted by Crippen LogP contribution is -2.33. The quantitative estimate of drug-likeness (QED) is 0.807. The summed E-state index contributed by atoms with van der Waals surface area (Å²) in [7, 11) is 1.74. The van der Waals surface area contributed by atoms with E-state index in [4.69, 9.17) is 4.74 Å². The molecule has 0 amide bonds. The van der Waals surface area contributed by atoms with E-state index in [0.717, 1.165) is 23.5 Å². The molecule has 0 bridgehead atoms. The molecule has 120 valence electrons. The Morgan fingerprint density at radius 2 is 2.33 bits per heavy atom. The second-order valence-electron chi connectivity index (χ2n) is 6.16. The van der Waals surface area contributed by atoms with Gasteiger partial charge in [-0.1, -0.05) is 26.7 Å². The van der Waals surface area contributed by atoms with Crippen molar-refractivity contribution in [1.82, 2.24) is 15.1 Å². The second-order valence-corrected chi connectivity index (χ2v) is 7.02. The Balaban J connectivity index is 2.22. The summed E-state index contributed by atoms with van der Waals surface area (Å²) >= 11 is 3.70. The van der Waals surface area contributed by atoms with E-state index in [2.05, 4.69) is 44.9 Å². The lowest BCUT2D eigenvalue weighted by Gasteiger charge is -2.34. The van der Waals surface area contributed by atoms with E-state index in [9.17, 15) is 0 Å². The standard InChI is InChI=1S/C16H28BrN3O/c1-4-18-15(13-7-5-6-12(2)10-13)16-14(17)11-19-20(16)8-9-21-3/h11-13,15,18H,4-10H2,1-3H3. The fraction of sp³-hybridized carbons (Fsp3) is 0.812. The van der Waals surface area contributed by atoms with Gasteiger partial charge in [-0.25, -0.2) is 0 Å². The maximum absolute atomic E-state index is 5.22. The zero-order valence-corrected chi connectivity index (χ0v) is 15.0. The smallest absolute Gasteiger partial charge is 0.0699 e. The molecule has 2 rings (SSSR count). The largest absolute Gasteiger partial charge is 0.383 e. The molecule has 4 nitrogen and oxygen atoms in total. The molecule has 1 aliphatic carbocycles. The lowest BCUT2D eigenvalue weighted by atomic mass is 9.77. The molecular weight excluding hydrogens is 330 g/mol. The van der Waals surface area contributed by atoms with E-state index >= 15 is 0 Å². The average molecular weight is 358 g/mol. The summed E-state index contributed by atoms with van der Waals surface area (Å²) in [6.07, 6.45) is 7.25. The highest BCUT2D eigenvalue weighted by Gasteiger charge is 2.30. The third-order valence-electron chi connectivity index (χ3n) is 4.51. The molecule has 1 aromatic heterocycles. The van der Waals surface area contributed by atoms with Crippen LogP contribution < -0.4 is 5.32 Å². The van der Waals surface area contributed by atoms with Crippen molar-refractivity contribution in [3.63, 3.8) is 0 Å². The molecule has 0 aromatic carbocycles. The van der Waals surface area contributed by atoms with Crippen LogP contribution in [0, 0.1) is 11.8 Å². The Morgan fingerprint density at radius 3 is 3.00 bits per heavy atom. The minimum Gasteiger partial charge on any atom is -0.383 e. The van der Waals surface area contributed by atoms with E-state index in [-0.39, 0.29) is 0 Å². The first-order valence-electron chi connectivity index (χ1n) is 8.10. The second kappa shape index (κ2) is 8.30. The van der Waals surface area contributed by atoms with Crippen LogP contribution in [0.25, 0.3) is 0 Å². The molecule has 5 heteroatoms. The molecule has 0 radical (unpaired) electrons. The van der Waals surface area contributed by atoms with Crippen LogP contribution in [0.2, 0.25) is 0 Å². The van der Waals surface area contributed by atoms with Crippen LogP contribution in [-0.2, 0) is 11.3 Å². The highest BCUT2D eigenvalue weighted by molar-refractivity contribution is 9.10. The van der Waals surface area contributed by atoms with Crippen molar-refractivity contribution in [3.05, 3.63) is 16.4 Å². The molecule has 1 saturated carbocycles. The number of aromatic nitrogens is 2. The molecule has 1 fully saturated rings. The molecule has 3 atom stereocenters. The summed E-state index contributed by atoms with van der Waals surface area (Å²) < 4.78 is 8.43. The van der Waals surface area contributed by atoms with Crippen LogP contribution in [-0.4, -0.2) is 30.0 Å². The Morgan fingerprint density at radius 1 is 1.52 bits per heavy atom. The maximum atomic E-state index is 5.22. The van der Waals surface area contributed by atoms with Gasteiger partial charge >= 0.3 is 0 Å². The minimum atomic E-state index is 0.381. The van der Waals surface area contributed by atoms with Crippen molar-refractivity contribution < 1.29 is 4.74 Å². The van der Waals surface area contributed by atoms with Gasteiger partial charge in [0.2, 0.25) is 0 Å². The highest BCUT2D eigenvalue weighted by atomic mass is 79.9. The first-order chi connectivity index (χ1) is 10.2. The number of halogens is 1. The van der Waals surface area contributed by atoms with Gasteiger partial charge in [0.1, 0.15) is 0 Å². The Hall–Kier alpha value is -0.390. The normalized spacial score (nSPS) is 24.2. The lowest BCUT2D eigenvalue weighted by molar-refractivity contribution is 0.176. The fourth-order valence-electron chi connectivity index (χ4n) is 3.53. The molecular formula is C16H28BrN3O. The average Bonchev–Trinajstić information content (AvgIpc) is 2.83. The van der Waals surface area contributed by atoms with E-state index in [1.54, 1.807) is 7.11 Å². The molecule has 3 unspecified atom stereocenters. The van der Waals surface area contributed by atoms with Gasteiger partial charge in [0.05, 0.1) is 35.6 Å². The summed E-state index contributed by atoms with van der Waals surface area (Å²) in [5, 5.41) is 8.22. The molecule has 0 saturated heterocycles. The molecule has 1 heterocycles. The Bertz CT molecular complexity index is 435. The minimum absolute atomic E-state index is 0.381. The number of hydrogen-bond donors (Lipinski definition) is 1. The predicted molar refractivity (Wildman–Crippen MR) is 89.3 cm³/mol. The summed E-state index contributed by atoms with van der Waals surface area (Å²) in [4.78, 5) is 0. The Kier molecular flexibility index (Phi) is 6.71. The number of ether oxygens (including phenoxy) is 1. The van der Waals surface area contributed by atoms with Crippen LogP contribution in [0.15, 0.2) is 10.7 Å². The summed E-state index contributed by atoms with van der Waals surface area (Å²) in [5.41, 5.74) is 1.29. The Labute approximate surface area is 136 Å². The highest BCUT2D eigenvalue weighted by Crippen LogP contribution is 2.39. The van der Waals surface area contributed by atoms with Gasteiger partial charge in [-0.15, -0.1) is 0 Å². The first kappa shape index (κ1) is 17.0. The van der Waals surface area contributed by atoms with E-state index in [1.165, 1.54) is 31.4 Å². The van der Waals surface area contributed by atoms with Crippen LogP contribution in [0.1, 0.15) is 51.3 Å². The van der Waals surface area contributed by atoms with E-state index < -0.39 is 0 Å². The maximum Gasteiger partial charge on any atom is 0.0699 e. The van der Waals surface area contributed by atoms with Gasteiger partial charge < -0.3 is 10.1 Å². The summed E-state index contributed by atoms with van der Waals surface area (Å²) in [6, 6.07) is 0.381. The molecule has 21 heavy (non-hydrogen) atoms. The van der Waals surface area contributed by atoms with Crippen molar-refractivity contribution in [1.29, 1.82) is 0 Å². The van der Waals surface area contributed by atoms with Crippen molar-refractivity contribution in [3.8, 4) is 0 Å². The molecule has 1 aromatic rings. The van der Waals surface area contributed by atoms with Gasteiger partial charge in [0, 0.05) is 7.11 Å². The van der Waals surface area contributed by atoms with Crippen molar-refractivity contribution in [2.75, 3.05) is 20.3 Å². The summed E-state index contributed by atoms with van der Waals surface area (Å²) in [5.74, 6) is 1.53. The van der Waals surface area contributed by atoms with Gasteiger partial charge in [0.25, 0.3) is 0 Å². The number of nitrogens with zero attached hydrogens (tertiary/aromatic N) is 2. The summed E-state index contributed by atoms with van der Waals surface area (Å²) in [6.45, 7) is 7.05. The topological polar surface area (TPSA) is 39.1 Å². The van der Waals surface area contributed by atoms with Crippen LogP contribution in [0.3, 0.4) is 0 Å². The number of hydrogen-bond acceptors (Lipinski definition) is 3. The third kappa shape index (κ3) is 4.30. The van der Waals surface area contributed by atoms with Crippen LogP contribution in [0.5, 0.6) is 0 Å². The number of rotatable bonds is 7. The number of nitrogens with one attached hydrogen (secondary N) is 1. The monoisotopic (exact) mass is 357 g/mol. The van der Waals surface area contributed by atoms with Crippen molar-refractivity contribution >= 4 is 15.9 Å². The zero-order valence-electron chi connectivity index (χ0n) is 13.4. The van der Waals surface area contributed by atoms with E-state index in [1.807, 2.05) is 6.20 Å². The predicted octanol–water partition coefficient (Wildman–Crippen LogP) is 3.77. The van der Waals surface area contributed by atoms with Gasteiger partial charge in [-0.3, -0.25) is 4.68 Å². The third-order valence-corrected chi connectivity index (χ3v) is 5.12. The molecule has 0 aliphatic heterocycles. The van der Waals surface area contributed by atoms with Crippen molar-refractivity contribution in [2.24, 2.45) is 11.8 Å². The SMILES string of the molecule is CCNC(c1c(Br)cnn1CCOC)C1CCCC(C)C1. The van der Waals surface area contributed by atoms with Gasteiger partial charge in [0.15, 0.2) is 0 Å². The molecule has 0 spiro atoms. The molecule has 1 N–H and O–H groups in total. The van der Waals surface area contributed by atoms with Gasteiger partial charge in [-0.2, -0.15) is 5.10 Å². The number of methoxy groups -OCH3 is 1. The molecule has 1 aliphatic rings.